The van der Waals surface area contributed by atoms with Gasteiger partial charge in [-0.2, -0.15) is 0 Å². The molecular formula is C13H23N3S. The van der Waals surface area contributed by atoms with E-state index in [0.29, 0.717) is 0 Å². The van der Waals surface area contributed by atoms with E-state index in [2.05, 4.69) is 29.4 Å². The van der Waals surface area contributed by atoms with E-state index in [-0.39, 0.29) is 0 Å². The summed E-state index contributed by atoms with van der Waals surface area (Å²) in [5, 5.41) is 6.79. The lowest BCUT2D eigenvalue weighted by Crippen LogP contribution is -2.25. The lowest BCUT2D eigenvalue weighted by atomic mass is 10.4. The van der Waals surface area contributed by atoms with Crippen molar-refractivity contribution in [1.29, 1.82) is 0 Å². The summed E-state index contributed by atoms with van der Waals surface area (Å²) in [7, 11) is 0. The van der Waals surface area contributed by atoms with Crippen molar-refractivity contribution in [2.45, 2.75) is 39.7 Å². The number of nitrogens with zero attached hydrogens (tertiary/aromatic N) is 2. The predicted octanol–water partition coefficient (Wildman–Crippen LogP) is 2.88. The second-order valence-corrected chi connectivity index (χ2v) is 5.62. The molecule has 0 spiro atoms. The molecule has 0 bridgehead atoms. The number of rotatable bonds is 8. The first-order chi connectivity index (χ1) is 8.33. The first-order valence-corrected chi connectivity index (χ1v) is 7.61. The van der Waals surface area contributed by atoms with E-state index in [9.17, 15) is 0 Å². The van der Waals surface area contributed by atoms with Gasteiger partial charge in [0.2, 0.25) is 0 Å². The third kappa shape index (κ3) is 3.96. The maximum absolute atomic E-state index is 4.72. The Morgan fingerprint density at radius 2 is 2.29 bits per heavy atom. The van der Waals surface area contributed by atoms with Crippen molar-refractivity contribution in [2.24, 2.45) is 5.92 Å². The topological polar surface area (TPSA) is 28.2 Å². The molecular weight excluding hydrogens is 230 g/mol. The van der Waals surface area contributed by atoms with Crippen LogP contribution in [0.4, 0.5) is 5.13 Å². The van der Waals surface area contributed by atoms with Gasteiger partial charge in [-0.05, 0) is 38.6 Å². The highest BCUT2D eigenvalue weighted by Gasteiger charge is 2.24. The molecule has 0 aromatic carbocycles. The van der Waals surface area contributed by atoms with Gasteiger partial charge in [0.25, 0.3) is 0 Å². The highest BCUT2D eigenvalue weighted by atomic mass is 32.1. The molecule has 1 aliphatic carbocycles. The number of nitrogens with one attached hydrogen (secondary N) is 1. The average Bonchev–Trinajstić information content (AvgIpc) is 3.04. The number of aromatic nitrogens is 1. The predicted molar refractivity (Wildman–Crippen MR) is 74.7 cm³/mol. The van der Waals surface area contributed by atoms with E-state index in [1.807, 2.05) is 0 Å². The van der Waals surface area contributed by atoms with Crippen LogP contribution in [-0.4, -0.2) is 24.6 Å². The fourth-order valence-corrected chi connectivity index (χ4v) is 2.77. The molecule has 1 fully saturated rings. The van der Waals surface area contributed by atoms with E-state index >= 15 is 0 Å². The molecule has 0 saturated heterocycles. The Morgan fingerprint density at radius 3 is 2.94 bits per heavy atom. The summed E-state index contributed by atoms with van der Waals surface area (Å²) in [6.45, 7) is 8.67. The summed E-state index contributed by atoms with van der Waals surface area (Å²) in [5.41, 5.74) is 1.19. The van der Waals surface area contributed by atoms with Crippen LogP contribution in [0, 0.1) is 5.92 Å². The fourth-order valence-electron chi connectivity index (χ4n) is 1.87. The van der Waals surface area contributed by atoms with Crippen LogP contribution in [0.1, 0.15) is 38.8 Å². The molecule has 1 heterocycles. The molecule has 96 valence electrons. The Balaban J connectivity index is 1.85. The van der Waals surface area contributed by atoms with Gasteiger partial charge in [0, 0.05) is 25.0 Å². The lowest BCUT2D eigenvalue weighted by Gasteiger charge is -2.19. The second-order valence-electron chi connectivity index (χ2n) is 4.78. The van der Waals surface area contributed by atoms with Gasteiger partial charge >= 0.3 is 0 Å². The monoisotopic (exact) mass is 253 g/mol. The number of thiazole rings is 1. The van der Waals surface area contributed by atoms with Crippen molar-refractivity contribution < 1.29 is 0 Å². The third-order valence-electron chi connectivity index (χ3n) is 3.10. The molecule has 1 saturated carbocycles. The largest absolute Gasteiger partial charge is 0.348 e. The van der Waals surface area contributed by atoms with E-state index in [1.54, 1.807) is 11.3 Å². The summed E-state index contributed by atoms with van der Waals surface area (Å²) in [6.07, 6.45) is 4.00. The molecule has 4 heteroatoms. The van der Waals surface area contributed by atoms with Gasteiger partial charge in [0.1, 0.15) is 0 Å². The van der Waals surface area contributed by atoms with Crippen molar-refractivity contribution in [2.75, 3.05) is 24.5 Å². The minimum atomic E-state index is 0.908. The Bertz CT molecular complexity index is 333. The molecule has 0 unspecified atom stereocenters. The van der Waals surface area contributed by atoms with Gasteiger partial charge in [-0.25, -0.2) is 4.98 Å². The van der Waals surface area contributed by atoms with Crippen LogP contribution >= 0.6 is 11.3 Å². The van der Waals surface area contributed by atoms with Crippen molar-refractivity contribution in [3.8, 4) is 0 Å². The molecule has 0 radical (unpaired) electrons. The number of hydrogen-bond acceptors (Lipinski definition) is 4. The summed E-state index contributed by atoms with van der Waals surface area (Å²) >= 11 is 1.78. The van der Waals surface area contributed by atoms with Crippen LogP contribution in [0.5, 0.6) is 0 Å². The molecule has 0 amide bonds. The van der Waals surface area contributed by atoms with Crippen LogP contribution in [0.3, 0.4) is 0 Å². The van der Waals surface area contributed by atoms with Crippen LogP contribution in [0.2, 0.25) is 0 Å². The Labute approximate surface area is 108 Å². The quantitative estimate of drug-likeness (QED) is 0.722. The number of anilines is 1. The molecule has 2 rings (SSSR count). The zero-order valence-electron chi connectivity index (χ0n) is 10.9. The molecule has 1 N–H and O–H groups in total. The fraction of sp³-hybridized carbons (Fsp3) is 0.769. The molecule has 1 aromatic rings. The van der Waals surface area contributed by atoms with E-state index in [0.717, 1.165) is 25.6 Å². The van der Waals surface area contributed by atoms with Gasteiger partial charge in [-0.15, -0.1) is 11.3 Å². The highest BCUT2D eigenvalue weighted by Crippen LogP contribution is 2.32. The van der Waals surface area contributed by atoms with Gasteiger partial charge in [0.15, 0.2) is 5.13 Å². The third-order valence-corrected chi connectivity index (χ3v) is 4.05. The zero-order valence-corrected chi connectivity index (χ0v) is 11.7. The maximum atomic E-state index is 4.72. The molecule has 1 aliphatic rings. The van der Waals surface area contributed by atoms with Crippen molar-refractivity contribution in [1.82, 2.24) is 10.3 Å². The molecule has 17 heavy (non-hydrogen) atoms. The standard InChI is InChI=1S/C13H23N3S/c1-3-7-14-8-12-10-17-13(15-12)16(4-2)9-11-5-6-11/h10-11,14H,3-9H2,1-2H3. The average molecular weight is 253 g/mol. The van der Waals surface area contributed by atoms with Gasteiger partial charge < -0.3 is 10.2 Å². The van der Waals surface area contributed by atoms with Gasteiger partial charge in [0.05, 0.1) is 5.69 Å². The van der Waals surface area contributed by atoms with Crippen molar-refractivity contribution >= 4 is 16.5 Å². The maximum Gasteiger partial charge on any atom is 0.185 e. The summed E-state index contributed by atoms with van der Waals surface area (Å²) in [5.74, 6) is 0.931. The lowest BCUT2D eigenvalue weighted by molar-refractivity contribution is 0.664. The van der Waals surface area contributed by atoms with Gasteiger partial charge in [-0.1, -0.05) is 6.92 Å². The normalized spacial score (nSPS) is 15.2. The first-order valence-electron chi connectivity index (χ1n) is 6.73. The van der Waals surface area contributed by atoms with Crippen molar-refractivity contribution in [3.63, 3.8) is 0 Å². The van der Waals surface area contributed by atoms with Crippen LogP contribution < -0.4 is 10.2 Å². The molecule has 0 aliphatic heterocycles. The van der Waals surface area contributed by atoms with E-state index < -0.39 is 0 Å². The SMILES string of the molecule is CCCNCc1csc(N(CC)CC2CC2)n1. The Hall–Kier alpha value is -0.610. The van der Waals surface area contributed by atoms with E-state index in [1.165, 1.54) is 36.6 Å². The Morgan fingerprint density at radius 1 is 1.47 bits per heavy atom. The highest BCUT2D eigenvalue weighted by molar-refractivity contribution is 7.13. The van der Waals surface area contributed by atoms with Crippen LogP contribution in [0.15, 0.2) is 5.38 Å². The molecule has 1 aromatic heterocycles. The minimum Gasteiger partial charge on any atom is -0.348 e. The summed E-state index contributed by atoms with van der Waals surface area (Å²) in [6, 6.07) is 0. The Kier molecular flexibility index (Phi) is 4.80. The smallest absolute Gasteiger partial charge is 0.185 e. The minimum absolute atomic E-state index is 0.908. The van der Waals surface area contributed by atoms with Crippen molar-refractivity contribution in [3.05, 3.63) is 11.1 Å². The molecule has 0 atom stereocenters. The van der Waals surface area contributed by atoms with E-state index in [4.69, 9.17) is 4.98 Å². The van der Waals surface area contributed by atoms with Crippen LogP contribution in [0.25, 0.3) is 0 Å². The summed E-state index contributed by atoms with van der Waals surface area (Å²) in [4.78, 5) is 7.14. The molecule has 3 nitrogen and oxygen atoms in total. The van der Waals surface area contributed by atoms with Gasteiger partial charge in [-0.3, -0.25) is 0 Å². The second kappa shape index (κ2) is 6.36. The first kappa shape index (κ1) is 12.8. The number of hydrogen-bond donors (Lipinski definition) is 1. The zero-order chi connectivity index (χ0) is 12.1. The summed E-state index contributed by atoms with van der Waals surface area (Å²) < 4.78 is 0. The van der Waals surface area contributed by atoms with Crippen LogP contribution in [-0.2, 0) is 6.54 Å².